The Morgan fingerprint density at radius 2 is 2.15 bits per heavy atom. The summed E-state index contributed by atoms with van der Waals surface area (Å²) in [4.78, 5) is 21.5. The van der Waals surface area contributed by atoms with Crippen molar-refractivity contribution in [1.82, 2.24) is 14.9 Å². The second kappa shape index (κ2) is 7.31. The van der Waals surface area contributed by atoms with Crippen LogP contribution < -0.4 is 10.5 Å². The molecule has 26 heavy (non-hydrogen) atoms. The van der Waals surface area contributed by atoms with Gasteiger partial charge in [-0.2, -0.15) is 0 Å². The van der Waals surface area contributed by atoms with Crippen molar-refractivity contribution < 1.29 is 9.53 Å². The van der Waals surface area contributed by atoms with E-state index < -0.39 is 0 Å². The normalized spacial score (nSPS) is 12.4. The van der Waals surface area contributed by atoms with Gasteiger partial charge in [-0.15, -0.1) is 0 Å². The molecule has 3 aromatic rings. The summed E-state index contributed by atoms with van der Waals surface area (Å²) in [5.74, 6) is 1.14. The molecule has 1 aromatic carbocycles. The van der Waals surface area contributed by atoms with E-state index in [1.807, 2.05) is 37.4 Å². The Kier molecular flexibility index (Phi) is 4.93. The molecule has 3 rings (SSSR count). The van der Waals surface area contributed by atoms with Gasteiger partial charge in [-0.05, 0) is 42.8 Å². The number of nitrogens with zero attached hydrogens (tertiary/aromatic N) is 2. The van der Waals surface area contributed by atoms with E-state index >= 15 is 0 Å². The highest BCUT2D eigenvalue weighted by Gasteiger charge is 2.20. The number of pyridine rings is 1. The van der Waals surface area contributed by atoms with E-state index in [4.69, 9.17) is 10.5 Å². The molecule has 1 amide bonds. The predicted octanol–water partition coefficient (Wildman–Crippen LogP) is 3.39. The first-order valence-electron chi connectivity index (χ1n) is 8.31. The van der Waals surface area contributed by atoms with E-state index in [1.165, 1.54) is 6.08 Å². The number of nitrogen functional groups attached to an aromatic ring is 1. The summed E-state index contributed by atoms with van der Waals surface area (Å²) in [6.45, 7) is 1.99. The van der Waals surface area contributed by atoms with Crippen LogP contribution in [0.25, 0.3) is 17.0 Å². The van der Waals surface area contributed by atoms with E-state index in [9.17, 15) is 4.79 Å². The Hall–Kier alpha value is -3.28. The minimum absolute atomic E-state index is 0.0985. The predicted molar refractivity (Wildman–Crippen MR) is 104 cm³/mol. The summed E-state index contributed by atoms with van der Waals surface area (Å²) < 4.78 is 5.48. The number of benzene rings is 1. The van der Waals surface area contributed by atoms with Crippen LogP contribution >= 0.6 is 0 Å². The summed E-state index contributed by atoms with van der Waals surface area (Å²) in [7, 11) is 3.43. The summed E-state index contributed by atoms with van der Waals surface area (Å²) in [5.41, 5.74) is 8.38. The number of amides is 1. The first-order chi connectivity index (χ1) is 12.5. The van der Waals surface area contributed by atoms with Crippen molar-refractivity contribution in [3.63, 3.8) is 0 Å². The molecule has 0 saturated heterocycles. The van der Waals surface area contributed by atoms with Crippen molar-refractivity contribution >= 4 is 28.7 Å². The van der Waals surface area contributed by atoms with Crippen molar-refractivity contribution in [2.75, 3.05) is 19.9 Å². The number of nitrogens with two attached hydrogens (primary N) is 1. The fourth-order valence-corrected chi connectivity index (χ4v) is 2.88. The lowest BCUT2D eigenvalue weighted by Crippen LogP contribution is -2.27. The highest BCUT2D eigenvalue weighted by Crippen LogP contribution is 2.34. The number of ether oxygens (including phenoxy) is 1. The number of fused-ring (bicyclic) bond motifs is 1. The van der Waals surface area contributed by atoms with Gasteiger partial charge in [0, 0.05) is 42.0 Å². The van der Waals surface area contributed by atoms with Crippen molar-refractivity contribution in [1.29, 1.82) is 0 Å². The van der Waals surface area contributed by atoms with Crippen LogP contribution in [0.3, 0.4) is 0 Å². The largest absolute Gasteiger partial charge is 0.496 e. The first kappa shape index (κ1) is 17.5. The Labute approximate surface area is 152 Å². The highest BCUT2D eigenvalue weighted by molar-refractivity contribution is 5.93. The monoisotopic (exact) mass is 350 g/mol. The number of anilines is 1. The van der Waals surface area contributed by atoms with Gasteiger partial charge in [0.25, 0.3) is 0 Å². The lowest BCUT2D eigenvalue weighted by Gasteiger charge is -2.24. The van der Waals surface area contributed by atoms with Crippen LogP contribution in [-0.4, -0.2) is 34.9 Å². The Morgan fingerprint density at radius 1 is 1.35 bits per heavy atom. The molecular weight excluding hydrogens is 328 g/mol. The molecule has 134 valence electrons. The fourth-order valence-electron chi connectivity index (χ4n) is 2.88. The van der Waals surface area contributed by atoms with Crippen molar-refractivity contribution in [2.45, 2.75) is 13.0 Å². The molecule has 0 aliphatic heterocycles. The van der Waals surface area contributed by atoms with Crippen LogP contribution in [-0.2, 0) is 4.79 Å². The van der Waals surface area contributed by atoms with Crippen molar-refractivity contribution in [3.05, 3.63) is 59.9 Å². The number of nitrogens with one attached hydrogen (secondary N) is 1. The molecular formula is C20H22N4O2. The Bertz CT molecular complexity index is 944. The maximum atomic E-state index is 12.6. The molecule has 0 fully saturated rings. The lowest BCUT2D eigenvalue weighted by atomic mass is 10.1. The molecule has 2 aromatic heterocycles. The minimum atomic E-state index is -0.123. The minimum Gasteiger partial charge on any atom is -0.496 e. The van der Waals surface area contributed by atoms with Crippen LogP contribution in [0.4, 0.5) is 5.82 Å². The Morgan fingerprint density at radius 3 is 2.85 bits per heavy atom. The molecule has 3 N–H and O–H groups in total. The van der Waals surface area contributed by atoms with Gasteiger partial charge < -0.3 is 20.4 Å². The second-order valence-electron chi connectivity index (χ2n) is 6.10. The summed E-state index contributed by atoms with van der Waals surface area (Å²) in [5, 5.41) is 0.994. The number of carbonyl (C=O) groups is 1. The number of aromatic amines is 1. The van der Waals surface area contributed by atoms with Gasteiger partial charge >= 0.3 is 0 Å². The molecule has 0 aliphatic carbocycles. The van der Waals surface area contributed by atoms with E-state index in [0.717, 1.165) is 27.8 Å². The van der Waals surface area contributed by atoms with Gasteiger partial charge in [0.1, 0.15) is 11.6 Å². The molecule has 1 atom stereocenters. The van der Waals surface area contributed by atoms with Gasteiger partial charge in [0.05, 0.1) is 13.2 Å². The third-order valence-corrected chi connectivity index (χ3v) is 4.52. The number of rotatable bonds is 5. The van der Waals surface area contributed by atoms with Crippen LogP contribution in [0.2, 0.25) is 0 Å². The van der Waals surface area contributed by atoms with Crippen LogP contribution in [0.5, 0.6) is 5.75 Å². The van der Waals surface area contributed by atoms with Crippen LogP contribution in [0.15, 0.2) is 48.8 Å². The van der Waals surface area contributed by atoms with Crippen molar-refractivity contribution in [3.8, 4) is 5.75 Å². The third-order valence-electron chi connectivity index (χ3n) is 4.52. The molecule has 0 aliphatic rings. The number of carbonyl (C=O) groups excluding carboxylic acids is 1. The number of hydrogen-bond donors (Lipinski definition) is 2. The maximum absolute atomic E-state index is 12.6. The van der Waals surface area contributed by atoms with E-state index in [2.05, 4.69) is 9.97 Å². The van der Waals surface area contributed by atoms with Crippen LogP contribution in [0, 0.1) is 0 Å². The zero-order valence-corrected chi connectivity index (χ0v) is 15.1. The number of aromatic nitrogens is 2. The standard InChI is InChI=1S/C20H22N4O2/c1-13(15-12-22-16-5-4-6-17(26-3)20(15)16)24(2)19(25)10-8-14-7-9-18(21)23-11-14/h4-13,22H,1-3H3,(H2,21,23). The molecule has 1 unspecified atom stereocenters. The zero-order valence-electron chi connectivity index (χ0n) is 15.1. The number of likely N-dealkylation sites (N-methyl/N-ethyl adjacent to an activating group) is 1. The SMILES string of the molecule is COc1cccc2[nH]cc(C(C)N(C)C(=O)C=Cc3ccc(N)nc3)c12. The van der Waals surface area contributed by atoms with Gasteiger partial charge in [-0.1, -0.05) is 6.07 Å². The highest BCUT2D eigenvalue weighted by atomic mass is 16.5. The molecule has 6 heteroatoms. The lowest BCUT2D eigenvalue weighted by molar-refractivity contribution is -0.126. The molecule has 0 radical (unpaired) electrons. The quantitative estimate of drug-likeness (QED) is 0.691. The second-order valence-corrected chi connectivity index (χ2v) is 6.10. The number of H-pyrrole nitrogens is 1. The van der Waals surface area contributed by atoms with Crippen LogP contribution in [0.1, 0.15) is 24.1 Å². The average Bonchev–Trinajstić information content (AvgIpc) is 3.10. The summed E-state index contributed by atoms with van der Waals surface area (Å²) >= 11 is 0. The maximum Gasteiger partial charge on any atom is 0.246 e. The van der Waals surface area contributed by atoms with Crippen molar-refractivity contribution in [2.24, 2.45) is 0 Å². The number of hydrogen-bond acceptors (Lipinski definition) is 4. The van der Waals surface area contributed by atoms with E-state index in [1.54, 1.807) is 37.4 Å². The summed E-state index contributed by atoms with van der Waals surface area (Å²) in [6, 6.07) is 9.24. The zero-order chi connectivity index (χ0) is 18.7. The molecule has 6 nitrogen and oxygen atoms in total. The fraction of sp³-hybridized carbons (Fsp3) is 0.200. The topological polar surface area (TPSA) is 84.2 Å². The van der Waals surface area contributed by atoms with Gasteiger partial charge in [-0.25, -0.2) is 4.98 Å². The van der Waals surface area contributed by atoms with Gasteiger partial charge in [0.15, 0.2) is 0 Å². The van der Waals surface area contributed by atoms with Gasteiger partial charge in [-0.3, -0.25) is 4.79 Å². The molecule has 0 bridgehead atoms. The van der Waals surface area contributed by atoms with Gasteiger partial charge in [0.2, 0.25) is 5.91 Å². The third kappa shape index (κ3) is 3.39. The number of methoxy groups -OCH3 is 1. The molecule has 0 saturated carbocycles. The molecule has 2 heterocycles. The average molecular weight is 350 g/mol. The molecule has 0 spiro atoms. The van der Waals surface area contributed by atoms with E-state index in [-0.39, 0.29) is 11.9 Å². The Balaban J connectivity index is 1.82. The first-order valence-corrected chi connectivity index (χ1v) is 8.31. The summed E-state index contributed by atoms with van der Waals surface area (Å²) in [6.07, 6.45) is 6.83. The smallest absolute Gasteiger partial charge is 0.246 e. The van der Waals surface area contributed by atoms with E-state index in [0.29, 0.717) is 5.82 Å².